The van der Waals surface area contributed by atoms with Crippen LogP contribution in [0.3, 0.4) is 0 Å². The molecule has 2 saturated carbocycles. The van der Waals surface area contributed by atoms with E-state index in [2.05, 4.69) is 5.32 Å². The molecule has 0 radical (unpaired) electrons. The van der Waals surface area contributed by atoms with Crippen LogP contribution in [-0.4, -0.2) is 35.3 Å². The number of rotatable bonds is 4. The molecule has 0 spiro atoms. The fraction of sp³-hybridized carbons (Fsp3) is 0.846. The highest BCUT2D eigenvalue weighted by Crippen LogP contribution is 2.23. The minimum Gasteiger partial charge on any atom is -0.352 e. The monoisotopic (exact) mass is 238 g/mol. The van der Waals surface area contributed by atoms with Gasteiger partial charge in [0.05, 0.1) is 6.54 Å². The number of nitrogens with zero attached hydrogens (tertiary/aromatic N) is 1. The van der Waals surface area contributed by atoms with Crippen LogP contribution >= 0.6 is 0 Å². The Bertz CT molecular complexity index is 294. The molecule has 0 aliphatic heterocycles. The molecule has 2 aliphatic carbocycles. The summed E-state index contributed by atoms with van der Waals surface area (Å²) in [4.78, 5) is 25.1. The molecule has 96 valence electrons. The smallest absolute Gasteiger partial charge is 0.239 e. The summed E-state index contributed by atoms with van der Waals surface area (Å²) in [5.41, 5.74) is 0. The molecular weight excluding hydrogens is 216 g/mol. The molecule has 0 heterocycles. The summed E-state index contributed by atoms with van der Waals surface area (Å²) in [6.07, 6.45) is 7.91. The van der Waals surface area contributed by atoms with Gasteiger partial charge in [-0.15, -0.1) is 0 Å². The van der Waals surface area contributed by atoms with Gasteiger partial charge in [0.2, 0.25) is 11.8 Å². The predicted molar refractivity (Wildman–Crippen MR) is 65.4 cm³/mol. The highest BCUT2D eigenvalue weighted by molar-refractivity contribution is 5.84. The molecule has 17 heavy (non-hydrogen) atoms. The fourth-order valence-corrected chi connectivity index (χ4v) is 2.55. The van der Waals surface area contributed by atoms with Crippen molar-refractivity contribution < 1.29 is 9.59 Å². The van der Waals surface area contributed by atoms with Gasteiger partial charge in [0, 0.05) is 19.0 Å². The lowest BCUT2D eigenvalue weighted by Crippen LogP contribution is -2.46. The van der Waals surface area contributed by atoms with E-state index in [1.807, 2.05) is 0 Å². The molecule has 0 aromatic rings. The largest absolute Gasteiger partial charge is 0.352 e. The second-order valence-corrected chi connectivity index (χ2v) is 5.28. The van der Waals surface area contributed by atoms with E-state index < -0.39 is 0 Å². The summed E-state index contributed by atoms with van der Waals surface area (Å²) in [5.74, 6) is 0.0381. The van der Waals surface area contributed by atoms with Gasteiger partial charge >= 0.3 is 0 Å². The van der Waals surface area contributed by atoms with Gasteiger partial charge < -0.3 is 10.2 Å². The normalized spacial score (nSPS) is 21.0. The van der Waals surface area contributed by atoms with Gasteiger partial charge in [-0.25, -0.2) is 0 Å². The molecule has 0 bridgehead atoms. The van der Waals surface area contributed by atoms with E-state index in [1.165, 1.54) is 19.3 Å². The third-order valence-electron chi connectivity index (χ3n) is 3.68. The Balaban J connectivity index is 1.86. The van der Waals surface area contributed by atoms with Crippen molar-refractivity contribution in [2.45, 2.75) is 64.0 Å². The number of hydrogen-bond acceptors (Lipinski definition) is 2. The maximum atomic E-state index is 11.7. The fourth-order valence-electron chi connectivity index (χ4n) is 2.55. The lowest BCUT2D eigenvalue weighted by atomic mass is 9.94. The van der Waals surface area contributed by atoms with Gasteiger partial charge in [-0.2, -0.15) is 0 Å². The zero-order chi connectivity index (χ0) is 12.3. The van der Waals surface area contributed by atoms with Crippen LogP contribution in [0.2, 0.25) is 0 Å². The van der Waals surface area contributed by atoms with Crippen molar-refractivity contribution in [3.05, 3.63) is 0 Å². The molecule has 2 fully saturated rings. The Kier molecular flexibility index (Phi) is 4.02. The van der Waals surface area contributed by atoms with Gasteiger partial charge in [-0.05, 0) is 25.7 Å². The number of nitrogens with one attached hydrogen (secondary N) is 1. The topological polar surface area (TPSA) is 49.4 Å². The average Bonchev–Trinajstić information content (AvgIpc) is 3.10. The molecule has 2 rings (SSSR count). The molecule has 0 unspecified atom stereocenters. The Morgan fingerprint density at radius 1 is 1.12 bits per heavy atom. The summed E-state index contributed by atoms with van der Waals surface area (Å²) in [6.45, 7) is 1.81. The van der Waals surface area contributed by atoms with Gasteiger partial charge in [-0.1, -0.05) is 19.3 Å². The third-order valence-corrected chi connectivity index (χ3v) is 3.68. The number of carbonyl (C=O) groups excluding carboxylic acids is 2. The molecule has 2 aliphatic rings. The lowest BCUT2D eigenvalue weighted by molar-refractivity contribution is -0.137. The predicted octanol–water partition coefficient (Wildman–Crippen LogP) is 1.45. The van der Waals surface area contributed by atoms with Crippen LogP contribution in [0.15, 0.2) is 0 Å². The molecule has 4 nitrogen and oxygen atoms in total. The van der Waals surface area contributed by atoms with Crippen molar-refractivity contribution in [2.75, 3.05) is 6.54 Å². The molecule has 0 aromatic heterocycles. The van der Waals surface area contributed by atoms with Crippen molar-refractivity contribution in [3.63, 3.8) is 0 Å². The van der Waals surface area contributed by atoms with Crippen LogP contribution in [-0.2, 0) is 9.59 Å². The first-order valence-corrected chi connectivity index (χ1v) is 6.73. The van der Waals surface area contributed by atoms with Crippen LogP contribution in [0.25, 0.3) is 0 Å². The Hall–Kier alpha value is -1.06. The maximum Gasteiger partial charge on any atom is 0.239 e. The number of amides is 2. The summed E-state index contributed by atoms with van der Waals surface area (Å²) in [5, 5.41) is 2.95. The van der Waals surface area contributed by atoms with Crippen LogP contribution in [0.4, 0.5) is 0 Å². The van der Waals surface area contributed by atoms with E-state index in [0.29, 0.717) is 6.04 Å². The third kappa shape index (κ3) is 3.72. The van der Waals surface area contributed by atoms with Gasteiger partial charge in [0.25, 0.3) is 0 Å². The SMILES string of the molecule is CC(=O)N(CC(=O)NC1CC1)C1CCCCC1. The summed E-state index contributed by atoms with van der Waals surface area (Å²) in [6, 6.07) is 0.661. The van der Waals surface area contributed by atoms with Crippen molar-refractivity contribution in [2.24, 2.45) is 0 Å². The molecule has 4 heteroatoms. The molecule has 0 atom stereocenters. The minimum absolute atomic E-state index is 0.00766. The van der Waals surface area contributed by atoms with E-state index in [9.17, 15) is 9.59 Å². The second-order valence-electron chi connectivity index (χ2n) is 5.28. The molecular formula is C13H22N2O2. The van der Waals surface area contributed by atoms with E-state index in [1.54, 1.807) is 11.8 Å². The molecule has 0 saturated heterocycles. The second kappa shape index (κ2) is 5.52. The van der Waals surface area contributed by atoms with Gasteiger partial charge in [-0.3, -0.25) is 9.59 Å². The van der Waals surface area contributed by atoms with Crippen molar-refractivity contribution in [3.8, 4) is 0 Å². The minimum atomic E-state index is 0.00766. The summed E-state index contributed by atoms with van der Waals surface area (Å²) in [7, 11) is 0. The maximum absolute atomic E-state index is 11.7. The van der Waals surface area contributed by atoms with Gasteiger partial charge in [0.15, 0.2) is 0 Å². The number of hydrogen-bond donors (Lipinski definition) is 1. The molecule has 2 amide bonds. The average molecular weight is 238 g/mol. The number of carbonyl (C=O) groups is 2. The van der Waals surface area contributed by atoms with E-state index in [0.717, 1.165) is 25.7 Å². The molecule has 1 N–H and O–H groups in total. The first kappa shape index (κ1) is 12.4. The van der Waals surface area contributed by atoms with E-state index in [4.69, 9.17) is 0 Å². The standard InChI is InChI=1S/C13H22N2O2/c1-10(16)15(12-5-3-2-4-6-12)9-13(17)14-11-7-8-11/h11-12H,2-9H2,1H3,(H,14,17). The van der Waals surface area contributed by atoms with Crippen LogP contribution in [0, 0.1) is 0 Å². The van der Waals surface area contributed by atoms with E-state index >= 15 is 0 Å². The quantitative estimate of drug-likeness (QED) is 0.806. The zero-order valence-corrected chi connectivity index (χ0v) is 10.6. The Labute approximate surface area is 103 Å². The Morgan fingerprint density at radius 2 is 1.76 bits per heavy atom. The summed E-state index contributed by atoms with van der Waals surface area (Å²) < 4.78 is 0. The van der Waals surface area contributed by atoms with Crippen molar-refractivity contribution >= 4 is 11.8 Å². The van der Waals surface area contributed by atoms with Crippen molar-refractivity contribution in [1.29, 1.82) is 0 Å². The van der Waals surface area contributed by atoms with E-state index in [-0.39, 0.29) is 24.4 Å². The van der Waals surface area contributed by atoms with Crippen LogP contribution in [0.1, 0.15) is 51.9 Å². The zero-order valence-electron chi connectivity index (χ0n) is 10.6. The van der Waals surface area contributed by atoms with Gasteiger partial charge in [0.1, 0.15) is 0 Å². The lowest BCUT2D eigenvalue weighted by Gasteiger charge is -2.33. The molecule has 0 aromatic carbocycles. The van der Waals surface area contributed by atoms with Crippen LogP contribution in [0.5, 0.6) is 0 Å². The Morgan fingerprint density at radius 3 is 2.29 bits per heavy atom. The van der Waals surface area contributed by atoms with Crippen LogP contribution < -0.4 is 5.32 Å². The highest BCUT2D eigenvalue weighted by Gasteiger charge is 2.28. The highest BCUT2D eigenvalue weighted by atomic mass is 16.2. The van der Waals surface area contributed by atoms with Crippen molar-refractivity contribution in [1.82, 2.24) is 10.2 Å². The first-order valence-electron chi connectivity index (χ1n) is 6.73. The first-order chi connectivity index (χ1) is 8.16. The summed E-state index contributed by atoms with van der Waals surface area (Å²) >= 11 is 0.